The number of sulfonamides is 1. The molecule has 32 heavy (non-hydrogen) atoms. The molecule has 0 atom stereocenters. The predicted octanol–water partition coefficient (Wildman–Crippen LogP) is 3.44. The van der Waals surface area contributed by atoms with Gasteiger partial charge in [-0.25, -0.2) is 13.5 Å². The number of methoxy groups -OCH3 is 2. The van der Waals surface area contributed by atoms with Gasteiger partial charge in [0, 0.05) is 17.2 Å². The van der Waals surface area contributed by atoms with Gasteiger partial charge in [0.05, 0.1) is 30.5 Å². The molecule has 0 radical (unpaired) electrons. The molecule has 168 valence electrons. The number of nitrogens with one attached hydrogen (secondary N) is 2. The maximum atomic E-state index is 13.3. The summed E-state index contributed by atoms with van der Waals surface area (Å²) in [5.41, 5.74) is 3.63. The molecule has 2 N–H and O–H groups in total. The summed E-state index contributed by atoms with van der Waals surface area (Å²) in [7, 11) is -0.940. The molecule has 0 fully saturated rings. The lowest BCUT2D eigenvalue weighted by Crippen LogP contribution is -2.21. The van der Waals surface area contributed by atoms with Crippen molar-refractivity contribution in [3.63, 3.8) is 0 Å². The SMILES string of the molecule is COc1ccc(NS(=O)(=O)c2cc(-c3n[nH]c(=O)c4c3CCCC4)ccc2C)c(OC)c1. The topological polar surface area (TPSA) is 110 Å². The van der Waals surface area contributed by atoms with Gasteiger partial charge in [0.15, 0.2) is 0 Å². The number of benzene rings is 2. The van der Waals surface area contributed by atoms with E-state index in [0.717, 1.165) is 30.4 Å². The second kappa shape index (κ2) is 8.66. The molecule has 0 bridgehead atoms. The fourth-order valence-corrected chi connectivity index (χ4v) is 5.36. The van der Waals surface area contributed by atoms with E-state index >= 15 is 0 Å². The lowest BCUT2D eigenvalue weighted by molar-refractivity contribution is 0.395. The zero-order valence-corrected chi connectivity index (χ0v) is 19.0. The highest BCUT2D eigenvalue weighted by atomic mass is 32.2. The number of hydrogen-bond donors (Lipinski definition) is 2. The van der Waals surface area contributed by atoms with Crippen LogP contribution in [0, 0.1) is 6.92 Å². The molecule has 1 aromatic heterocycles. The monoisotopic (exact) mass is 455 g/mol. The number of nitrogens with zero attached hydrogens (tertiary/aromatic N) is 1. The Labute approximate surface area is 186 Å². The van der Waals surface area contributed by atoms with Crippen LogP contribution in [0.5, 0.6) is 11.5 Å². The zero-order valence-electron chi connectivity index (χ0n) is 18.2. The molecule has 0 unspecified atom stereocenters. The van der Waals surface area contributed by atoms with E-state index in [9.17, 15) is 13.2 Å². The Morgan fingerprint density at radius 2 is 1.75 bits per heavy atom. The molecule has 1 aliphatic rings. The van der Waals surface area contributed by atoms with Gasteiger partial charge < -0.3 is 9.47 Å². The second-order valence-electron chi connectivity index (χ2n) is 7.72. The molecular formula is C23H25N3O5S. The molecule has 3 aromatic rings. The Morgan fingerprint density at radius 1 is 1.00 bits per heavy atom. The normalized spacial score (nSPS) is 13.3. The van der Waals surface area contributed by atoms with Gasteiger partial charge in [-0.2, -0.15) is 5.10 Å². The third-order valence-corrected chi connectivity index (χ3v) is 7.21. The van der Waals surface area contributed by atoms with Gasteiger partial charge >= 0.3 is 0 Å². The number of anilines is 1. The quantitative estimate of drug-likeness (QED) is 0.589. The second-order valence-corrected chi connectivity index (χ2v) is 9.37. The lowest BCUT2D eigenvalue weighted by atomic mass is 9.90. The minimum absolute atomic E-state index is 0.130. The Balaban J connectivity index is 1.76. The summed E-state index contributed by atoms with van der Waals surface area (Å²) in [6, 6.07) is 10.0. The molecule has 1 heterocycles. The maximum absolute atomic E-state index is 13.3. The van der Waals surface area contributed by atoms with Crippen molar-refractivity contribution in [3.8, 4) is 22.8 Å². The van der Waals surface area contributed by atoms with Gasteiger partial charge in [-0.3, -0.25) is 9.52 Å². The van der Waals surface area contributed by atoms with Crippen LogP contribution in [0.15, 0.2) is 46.1 Å². The first-order valence-electron chi connectivity index (χ1n) is 10.3. The van der Waals surface area contributed by atoms with Crippen LogP contribution < -0.4 is 19.8 Å². The van der Waals surface area contributed by atoms with Gasteiger partial charge in [0.25, 0.3) is 15.6 Å². The largest absolute Gasteiger partial charge is 0.497 e. The smallest absolute Gasteiger partial charge is 0.267 e. The van der Waals surface area contributed by atoms with Gasteiger partial charge in [-0.05, 0) is 61.9 Å². The van der Waals surface area contributed by atoms with Crippen LogP contribution in [-0.4, -0.2) is 32.8 Å². The van der Waals surface area contributed by atoms with Crippen LogP contribution in [-0.2, 0) is 22.9 Å². The first-order chi connectivity index (χ1) is 15.3. The Morgan fingerprint density at radius 3 is 2.47 bits per heavy atom. The van der Waals surface area contributed by atoms with Gasteiger partial charge in [0.2, 0.25) is 0 Å². The summed E-state index contributed by atoms with van der Waals surface area (Å²) in [6.45, 7) is 1.74. The van der Waals surface area contributed by atoms with Crippen molar-refractivity contribution >= 4 is 15.7 Å². The number of rotatable bonds is 6. The first kappa shape index (κ1) is 21.9. The molecule has 0 saturated heterocycles. The summed E-state index contributed by atoms with van der Waals surface area (Å²) >= 11 is 0. The molecule has 0 amide bonds. The first-order valence-corrected chi connectivity index (χ1v) is 11.8. The Hall–Kier alpha value is -3.33. The molecule has 0 aliphatic heterocycles. The lowest BCUT2D eigenvalue weighted by Gasteiger charge is -2.18. The van der Waals surface area contributed by atoms with Crippen LogP contribution >= 0.6 is 0 Å². The summed E-state index contributed by atoms with van der Waals surface area (Å²) in [5.74, 6) is 0.898. The summed E-state index contributed by atoms with van der Waals surface area (Å²) in [5, 5.41) is 6.82. The zero-order chi connectivity index (χ0) is 22.9. The molecule has 1 aliphatic carbocycles. The van der Waals surface area contributed by atoms with E-state index in [1.54, 1.807) is 37.3 Å². The van der Waals surface area contributed by atoms with Crippen LogP contribution in [0.2, 0.25) is 0 Å². The van der Waals surface area contributed by atoms with Gasteiger partial charge in [-0.1, -0.05) is 12.1 Å². The molecule has 4 rings (SSSR count). The van der Waals surface area contributed by atoms with Crippen LogP contribution in [0.25, 0.3) is 11.3 Å². The van der Waals surface area contributed by atoms with Crippen molar-refractivity contribution in [1.82, 2.24) is 10.2 Å². The summed E-state index contributed by atoms with van der Waals surface area (Å²) < 4.78 is 39.7. The Kier molecular flexibility index (Phi) is 5.92. The highest BCUT2D eigenvalue weighted by molar-refractivity contribution is 7.92. The number of aryl methyl sites for hydroxylation is 1. The molecule has 0 saturated carbocycles. The van der Waals surface area contributed by atoms with Crippen molar-refractivity contribution in [3.05, 3.63) is 63.4 Å². The third-order valence-electron chi connectivity index (χ3n) is 5.70. The highest BCUT2D eigenvalue weighted by Crippen LogP contribution is 2.33. The number of aromatic amines is 1. The van der Waals surface area contributed by atoms with Crippen molar-refractivity contribution in [1.29, 1.82) is 0 Å². The number of fused-ring (bicyclic) bond motifs is 1. The number of hydrogen-bond acceptors (Lipinski definition) is 6. The molecule has 8 nitrogen and oxygen atoms in total. The van der Waals surface area contributed by atoms with Crippen LogP contribution in [0.1, 0.15) is 29.5 Å². The molecule has 2 aromatic carbocycles. The highest BCUT2D eigenvalue weighted by Gasteiger charge is 2.23. The predicted molar refractivity (Wildman–Crippen MR) is 122 cm³/mol. The van der Waals surface area contributed by atoms with E-state index in [4.69, 9.17) is 9.47 Å². The minimum Gasteiger partial charge on any atom is -0.497 e. The van der Waals surface area contributed by atoms with Crippen molar-refractivity contribution in [2.45, 2.75) is 37.5 Å². The minimum atomic E-state index is -3.93. The van der Waals surface area contributed by atoms with E-state index in [-0.39, 0.29) is 10.5 Å². The third kappa shape index (κ3) is 4.08. The van der Waals surface area contributed by atoms with Gasteiger partial charge in [-0.15, -0.1) is 0 Å². The fourth-order valence-electron chi connectivity index (χ4n) is 4.02. The van der Waals surface area contributed by atoms with E-state index in [2.05, 4.69) is 14.9 Å². The van der Waals surface area contributed by atoms with Crippen LogP contribution in [0.3, 0.4) is 0 Å². The number of H-pyrrole nitrogens is 1. The van der Waals surface area contributed by atoms with Gasteiger partial charge in [0.1, 0.15) is 11.5 Å². The standard InChI is InChI=1S/C23H25N3O5S/c1-14-8-9-15(22-17-6-4-5-7-18(17)23(27)25-24-22)12-21(14)32(28,29)26-19-11-10-16(30-2)13-20(19)31-3/h8-13,26H,4-7H2,1-3H3,(H,25,27). The van der Waals surface area contributed by atoms with E-state index in [1.807, 2.05) is 6.07 Å². The molecule has 0 spiro atoms. The number of aromatic nitrogens is 2. The average molecular weight is 456 g/mol. The van der Waals surface area contributed by atoms with E-state index in [1.165, 1.54) is 14.2 Å². The molecular weight excluding hydrogens is 430 g/mol. The Bertz CT molecular complexity index is 1330. The van der Waals surface area contributed by atoms with E-state index < -0.39 is 10.0 Å². The van der Waals surface area contributed by atoms with Crippen LogP contribution in [0.4, 0.5) is 5.69 Å². The van der Waals surface area contributed by atoms with Crippen molar-refractivity contribution in [2.75, 3.05) is 18.9 Å². The summed E-state index contributed by atoms with van der Waals surface area (Å²) in [6.07, 6.45) is 3.39. The maximum Gasteiger partial charge on any atom is 0.267 e. The van der Waals surface area contributed by atoms with Crippen molar-refractivity contribution in [2.24, 2.45) is 0 Å². The number of ether oxygens (including phenoxy) is 2. The van der Waals surface area contributed by atoms with Crippen molar-refractivity contribution < 1.29 is 17.9 Å². The van der Waals surface area contributed by atoms with E-state index in [0.29, 0.717) is 40.4 Å². The molecule has 9 heteroatoms. The average Bonchev–Trinajstić information content (AvgIpc) is 2.80. The fraction of sp³-hybridized carbons (Fsp3) is 0.304. The summed E-state index contributed by atoms with van der Waals surface area (Å²) in [4.78, 5) is 12.3.